The van der Waals surface area contributed by atoms with Gasteiger partial charge >= 0.3 is 0 Å². The van der Waals surface area contributed by atoms with Crippen LogP contribution in [0.1, 0.15) is 24.0 Å². The summed E-state index contributed by atoms with van der Waals surface area (Å²) < 4.78 is 16.4. The van der Waals surface area contributed by atoms with Crippen LogP contribution in [0.4, 0.5) is 5.69 Å². The number of benzene rings is 2. The van der Waals surface area contributed by atoms with E-state index in [-0.39, 0.29) is 0 Å². The fourth-order valence-corrected chi connectivity index (χ4v) is 3.65. The van der Waals surface area contributed by atoms with E-state index in [0.717, 1.165) is 49.5 Å². The SMILES string of the molecule is COc1cc(OC)c(OC)cc1CN1CCC(Nc2ccccc2C)CC1. The minimum atomic E-state index is 0.523. The number of anilines is 1. The molecule has 1 saturated heterocycles. The van der Waals surface area contributed by atoms with Gasteiger partial charge in [-0.2, -0.15) is 0 Å². The average Bonchev–Trinajstić information content (AvgIpc) is 2.70. The maximum absolute atomic E-state index is 5.57. The molecule has 5 heteroatoms. The molecule has 0 aromatic heterocycles. The first-order chi connectivity index (χ1) is 13.1. The Morgan fingerprint density at radius 3 is 2.19 bits per heavy atom. The van der Waals surface area contributed by atoms with Gasteiger partial charge in [0.05, 0.1) is 21.3 Å². The molecule has 0 aliphatic carbocycles. The van der Waals surface area contributed by atoms with E-state index in [1.807, 2.05) is 12.1 Å². The molecule has 0 saturated carbocycles. The van der Waals surface area contributed by atoms with Crippen LogP contribution in [0.25, 0.3) is 0 Å². The Hall–Kier alpha value is -2.40. The molecule has 0 unspecified atom stereocenters. The molecule has 2 aromatic carbocycles. The van der Waals surface area contributed by atoms with E-state index in [0.29, 0.717) is 11.8 Å². The van der Waals surface area contributed by atoms with Gasteiger partial charge in [0.25, 0.3) is 0 Å². The van der Waals surface area contributed by atoms with Crippen molar-refractivity contribution >= 4 is 5.69 Å². The lowest BCUT2D eigenvalue weighted by molar-refractivity contribution is 0.208. The van der Waals surface area contributed by atoms with Crippen LogP contribution in [0.2, 0.25) is 0 Å². The molecule has 0 amide bonds. The number of aryl methyl sites for hydroxylation is 1. The Morgan fingerprint density at radius 2 is 1.56 bits per heavy atom. The van der Waals surface area contributed by atoms with E-state index >= 15 is 0 Å². The summed E-state index contributed by atoms with van der Waals surface area (Å²) in [5.41, 5.74) is 3.67. The Bertz CT molecular complexity index is 755. The van der Waals surface area contributed by atoms with Crippen molar-refractivity contribution in [2.75, 3.05) is 39.7 Å². The van der Waals surface area contributed by atoms with Crippen molar-refractivity contribution in [2.24, 2.45) is 0 Å². The van der Waals surface area contributed by atoms with Gasteiger partial charge in [0.1, 0.15) is 5.75 Å². The zero-order valence-electron chi connectivity index (χ0n) is 16.7. The van der Waals surface area contributed by atoms with Gasteiger partial charge in [0, 0.05) is 43.0 Å². The van der Waals surface area contributed by atoms with E-state index in [1.165, 1.54) is 11.3 Å². The fraction of sp³-hybridized carbons (Fsp3) is 0.455. The van der Waals surface area contributed by atoms with Gasteiger partial charge in [0.15, 0.2) is 11.5 Å². The molecule has 0 bridgehead atoms. The van der Waals surface area contributed by atoms with Gasteiger partial charge in [-0.15, -0.1) is 0 Å². The van der Waals surface area contributed by atoms with E-state index < -0.39 is 0 Å². The molecule has 1 aliphatic rings. The predicted octanol–water partition coefficient (Wildman–Crippen LogP) is 4.10. The van der Waals surface area contributed by atoms with Crippen LogP contribution in [0, 0.1) is 6.92 Å². The van der Waals surface area contributed by atoms with Crippen LogP contribution >= 0.6 is 0 Å². The maximum atomic E-state index is 5.57. The molecule has 2 aromatic rings. The Balaban J connectivity index is 1.61. The molecule has 5 nitrogen and oxygen atoms in total. The van der Waals surface area contributed by atoms with Gasteiger partial charge in [-0.25, -0.2) is 0 Å². The smallest absolute Gasteiger partial charge is 0.164 e. The van der Waals surface area contributed by atoms with E-state index in [2.05, 4.69) is 41.4 Å². The molecule has 0 spiro atoms. The second kappa shape index (κ2) is 9.00. The zero-order valence-corrected chi connectivity index (χ0v) is 16.7. The van der Waals surface area contributed by atoms with Crippen molar-refractivity contribution in [3.63, 3.8) is 0 Å². The number of methoxy groups -OCH3 is 3. The molecule has 146 valence electrons. The summed E-state index contributed by atoms with van der Waals surface area (Å²) in [5.74, 6) is 2.27. The van der Waals surface area contributed by atoms with Crippen LogP contribution < -0.4 is 19.5 Å². The third-order valence-electron chi connectivity index (χ3n) is 5.27. The second-order valence-corrected chi connectivity index (χ2v) is 7.03. The lowest BCUT2D eigenvalue weighted by Gasteiger charge is -2.33. The molecular weight excluding hydrogens is 340 g/mol. The molecule has 1 aliphatic heterocycles. The summed E-state index contributed by atoms with van der Waals surface area (Å²) in [6, 6.07) is 12.9. The van der Waals surface area contributed by atoms with Crippen LogP contribution in [0.3, 0.4) is 0 Å². The third kappa shape index (κ3) is 4.66. The molecule has 0 atom stereocenters. The molecule has 0 radical (unpaired) electrons. The summed E-state index contributed by atoms with van der Waals surface area (Å²) in [6.07, 6.45) is 2.26. The number of rotatable bonds is 7. The normalized spacial score (nSPS) is 15.4. The van der Waals surface area contributed by atoms with Crippen LogP contribution in [-0.2, 0) is 6.54 Å². The Labute approximate surface area is 162 Å². The first kappa shape index (κ1) is 19.4. The van der Waals surface area contributed by atoms with Crippen LogP contribution in [-0.4, -0.2) is 45.4 Å². The molecule has 1 N–H and O–H groups in total. The lowest BCUT2D eigenvalue weighted by Crippen LogP contribution is -2.38. The summed E-state index contributed by atoms with van der Waals surface area (Å²) in [5, 5.41) is 3.70. The average molecular weight is 370 g/mol. The largest absolute Gasteiger partial charge is 0.496 e. The number of nitrogens with one attached hydrogen (secondary N) is 1. The van der Waals surface area contributed by atoms with Gasteiger partial charge in [-0.05, 0) is 37.5 Å². The van der Waals surface area contributed by atoms with Crippen molar-refractivity contribution in [3.05, 3.63) is 47.5 Å². The number of hydrogen-bond acceptors (Lipinski definition) is 5. The van der Waals surface area contributed by atoms with Crippen molar-refractivity contribution in [1.82, 2.24) is 4.90 Å². The third-order valence-corrected chi connectivity index (χ3v) is 5.27. The van der Waals surface area contributed by atoms with Gasteiger partial charge < -0.3 is 19.5 Å². The second-order valence-electron chi connectivity index (χ2n) is 7.03. The number of para-hydroxylation sites is 1. The van der Waals surface area contributed by atoms with Gasteiger partial charge in [-0.1, -0.05) is 18.2 Å². The number of hydrogen-bond donors (Lipinski definition) is 1. The van der Waals surface area contributed by atoms with Crippen LogP contribution in [0.5, 0.6) is 17.2 Å². The summed E-state index contributed by atoms with van der Waals surface area (Å²) in [4.78, 5) is 2.47. The predicted molar refractivity (Wildman–Crippen MR) is 109 cm³/mol. The monoisotopic (exact) mass is 370 g/mol. The number of piperidine rings is 1. The lowest BCUT2D eigenvalue weighted by atomic mass is 10.0. The van der Waals surface area contributed by atoms with E-state index in [1.54, 1.807) is 21.3 Å². The molecular formula is C22H30N2O3. The molecule has 3 rings (SSSR count). The van der Waals surface area contributed by atoms with Crippen LogP contribution in [0.15, 0.2) is 36.4 Å². The van der Waals surface area contributed by atoms with E-state index in [9.17, 15) is 0 Å². The standard InChI is InChI=1S/C22H30N2O3/c1-16-7-5-6-8-19(16)23-18-9-11-24(12-10-18)15-17-13-21(26-3)22(27-4)14-20(17)25-2/h5-8,13-14,18,23H,9-12,15H2,1-4H3. The molecule has 1 fully saturated rings. The first-order valence-electron chi connectivity index (χ1n) is 9.48. The van der Waals surface area contributed by atoms with Crippen molar-refractivity contribution < 1.29 is 14.2 Å². The minimum absolute atomic E-state index is 0.523. The highest BCUT2D eigenvalue weighted by molar-refractivity contribution is 5.51. The maximum Gasteiger partial charge on any atom is 0.164 e. The van der Waals surface area contributed by atoms with Crippen molar-refractivity contribution in [2.45, 2.75) is 32.4 Å². The summed E-state index contributed by atoms with van der Waals surface area (Å²) in [7, 11) is 5.00. The van der Waals surface area contributed by atoms with E-state index in [4.69, 9.17) is 14.2 Å². The molecule has 1 heterocycles. The quantitative estimate of drug-likeness (QED) is 0.795. The minimum Gasteiger partial charge on any atom is -0.496 e. The fourth-order valence-electron chi connectivity index (χ4n) is 3.65. The number of nitrogens with zero attached hydrogens (tertiary/aromatic N) is 1. The van der Waals surface area contributed by atoms with Gasteiger partial charge in [-0.3, -0.25) is 4.90 Å². The van der Waals surface area contributed by atoms with Crippen molar-refractivity contribution in [3.8, 4) is 17.2 Å². The van der Waals surface area contributed by atoms with Gasteiger partial charge in [0.2, 0.25) is 0 Å². The number of ether oxygens (including phenoxy) is 3. The highest BCUT2D eigenvalue weighted by Gasteiger charge is 2.21. The zero-order chi connectivity index (χ0) is 19.2. The first-order valence-corrected chi connectivity index (χ1v) is 9.48. The molecule has 27 heavy (non-hydrogen) atoms. The number of likely N-dealkylation sites (tertiary alicyclic amines) is 1. The summed E-state index contributed by atoms with van der Waals surface area (Å²) >= 11 is 0. The highest BCUT2D eigenvalue weighted by Crippen LogP contribution is 2.35. The Morgan fingerprint density at radius 1 is 0.926 bits per heavy atom. The highest BCUT2D eigenvalue weighted by atomic mass is 16.5. The Kier molecular flexibility index (Phi) is 6.45. The topological polar surface area (TPSA) is 43.0 Å². The summed E-state index contributed by atoms with van der Waals surface area (Å²) in [6.45, 7) is 5.11. The van der Waals surface area contributed by atoms with Crippen molar-refractivity contribution in [1.29, 1.82) is 0 Å².